The summed E-state index contributed by atoms with van der Waals surface area (Å²) in [5.41, 5.74) is 3.28. The standard InChI is InChI=1S/C28H33N7O2/c1-21-30-31-27(37-21)22-12-13-34-19-23(29-26(34)18-22)20-35(25-10-6-3-7-11-25)28(36)33-16-14-32(15-17-33)24-8-4-2-5-9-24/h3,6-7,10-13,18-19,24H,2,4-5,8-9,14-17,20H2,1H3. The SMILES string of the molecule is Cc1nnc(-c2ccn3cc(CN(C(=O)N4CCN(C5CCCCC5)CC4)c4ccccc4)nc3c2)o1. The quantitative estimate of drug-likeness (QED) is 0.393. The number of benzene rings is 1. The maximum absolute atomic E-state index is 13.8. The van der Waals surface area contributed by atoms with Gasteiger partial charge in [-0.15, -0.1) is 10.2 Å². The molecule has 9 nitrogen and oxygen atoms in total. The Kier molecular flexibility index (Phi) is 6.61. The maximum Gasteiger partial charge on any atom is 0.324 e. The first-order valence-electron chi connectivity index (χ1n) is 13.3. The zero-order valence-corrected chi connectivity index (χ0v) is 21.3. The second-order valence-electron chi connectivity index (χ2n) is 10.1. The highest BCUT2D eigenvalue weighted by atomic mass is 16.4. The third-order valence-corrected chi connectivity index (χ3v) is 7.58. The van der Waals surface area contributed by atoms with E-state index in [0.717, 1.165) is 48.8 Å². The largest absolute Gasteiger partial charge is 0.421 e. The minimum absolute atomic E-state index is 0.0357. The highest BCUT2D eigenvalue weighted by Crippen LogP contribution is 2.25. The number of amides is 2. The van der Waals surface area contributed by atoms with Gasteiger partial charge in [0.2, 0.25) is 11.8 Å². The molecule has 1 aliphatic heterocycles. The number of rotatable bonds is 5. The van der Waals surface area contributed by atoms with E-state index in [4.69, 9.17) is 9.40 Å². The number of anilines is 1. The number of piperazine rings is 1. The Bertz CT molecular complexity index is 1350. The first-order chi connectivity index (χ1) is 18.1. The Morgan fingerprint density at radius 3 is 2.54 bits per heavy atom. The van der Waals surface area contributed by atoms with E-state index in [1.54, 1.807) is 6.92 Å². The summed E-state index contributed by atoms with van der Waals surface area (Å²) < 4.78 is 7.53. The van der Waals surface area contributed by atoms with Crippen LogP contribution in [0.1, 0.15) is 43.7 Å². The number of hydrogen-bond acceptors (Lipinski definition) is 6. The molecule has 1 aliphatic carbocycles. The molecule has 2 fully saturated rings. The molecule has 0 unspecified atom stereocenters. The van der Waals surface area contributed by atoms with Gasteiger partial charge in [0.15, 0.2) is 0 Å². The third-order valence-electron chi connectivity index (χ3n) is 7.58. The van der Waals surface area contributed by atoms with E-state index in [-0.39, 0.29) is 6.03 Å². The lowest BCUT2D eigenvalue weighted by atomic mass is 9.94. The van der Waals surface area contributed by atoms with Crippen LogP contribution < -0.4 is 4.90 Å². The van der Waals surface area contributed by atoms with Gasteiger partial charge in [-0.1, -0.05) is 37.5 Å². The second-order valence-corrected chi connectivity index (χ2v) is 10.1. The Hall–Kier alpha value is -3.72. The predicted molar refractivity (Wildman–Crippen MR) is 141 cm³/mol. The number of fused-ring (bicyclic) bond motifs is 1. The fraction of sp³-hybridized carbons (Fsp3) is 0.429. The zero-order chi connectivity index (χ0) is 25.2. The summed E-state index contributed by atoms with van der Waals surface area (Å²) in [5, 5.41) is 8.03. The third kappa shape index (κ3) is 5.09. The lowest BCUT2D eigenvalue weighted by molar-refractivity contribution is 0.0924. The Morgan fingerprint density at radius 2 is 1.81 bits per heavy atom. The Labute approximate surface area is 216 Å². The molecule has 9 heteroatoms. The lowest BCUT2D eigenvalue weighted by Gasteiger charge is -2.42. The van der Waals surface area contributed by atoms with Gasteiger partial charge in [-0.3, -0.25) is 9.80 Å². The van der Waals surface area contributed by atoms with Crippen molar-refractivity contribution in [3.05, 3.63) is 66.4 Å². The van der Waals surface area contributed by atoms with Crippen molar-refractivity contribution in [1.82, 2.24) is 29.4 Å². The summed E-state index contributed by atoms with van der Waals surface area (Å²) in [5.74, 6) is 0.994. The summed E-state index contributed by atoms with van der Waals surface area (Å²) >= 11 is 0. The molecule has 4 aromatic rings. The Balaban J connectivity index is 1.20. The number of carbonyl (C=O) groups excluding carboxylic acids is 1. The number of carbonyl (C=O) groups is 1. The molecule has 4 heterocycles. The van der Waals surface area contributed by atoms with E-state index < -0.39 is 0 Å². The van der Waals surface area contributed by atoms with E-state index in [1.165, 1.54) is 32.1 Å². The number of pyridine rings is 1. The normalized spacial score (nSPS) is 17.4. The summed E-state index contributed by atoms with van der Waals surface area (Å²) in [6.45, 7) is 5.58. The van der Waals surface area contributed by atoms with Gasteiger partial charge in [0.05, 0.1) is 12.2 Å². The average Bonchev–Trinajstić information content (AvgIpc) is 3.57. The van der Waals surface area contributed by atoms with Crippen LogP contribution in [0.25, 0.3) is 17.1 Å². The Morgan fingerprint density at radius 1 is 1.03 bits per heavy atom. The van der Waals surface area contributed by atoms with Crippen LogP contribution in [0.15, 0.2) is 59.3 Å². The number of urea groups is 1. The van der Waals surface area contributed by atoms with E-state index in [0.29, 0.717) is 24.4 Å². The van der Waals surface area contributed by atoms with Crippen molar-refractivity contribution in [3.8, 4) is 11.5 Å². The van der Waals surface area contributed by atoms with Crippen LogP contribution in [-0.2, 0) is 6.54 Å². The molecular formula is C28H33N7O2. The molecule has 2 aliphatic rings. The van der Waals surface area contributed by atoms with Crippen molar-refractivity contribution in [2.24, 2.45) is 0 Å². The van der Waals surface area contributed by atoms with Crippen LogP contribution in [0.2, 0.25) is 0 Å². The maximum atomic E-state index is 13.8. The summed E-state index contributed by atoms with van der Waals surface area (Å²) in [4.78, 5) is 25.1. The lowest BCUT2D eigenvalue weighted by Crippen LogP contribution is -2.55. The highest BCUT2D eigenvalue weighted by molar-refractivity contribution is 5.92. The molecule has 192 valence electrons. The van der Waals surface area contributed by atoms with Crippen LogP contribution in [0.3, 0.4) is 0 Å². The molecule has 0 spiro atoms. The van der Waals surface area contributed by atoms with E-state index in [1.807, 2.05) is 69.1 Å². The minimum Gasteiger partial charge on any atom is -0.421 e. The first kappa shape index (κ1) is 23.7. The van der Waals surface area contributed by atoms with Crippen molar-refractivity contribution in [1.29, 1.82) is 0 Å². The van der Waals surface area contributed by atoms with Crippen LogP contribution in [0, 0.1) is 6.92 Å². The highest BCUT2D eigenvalue weighted by Gasteiger charge is 2.30. The van der Waals surface area contributed by atoms with Gasteiger partial charge in [0.25, 0.3) is 0 Å². The second kappa shape index (κ2) is 10.3. The van der Waals surface area contributed by atoms with Gasteiger partial charge in [-0.05, 0) is 37.1 Å². The van der Waals surface area contributed by atoms with Gasteiger partial charge >= 0.3 is 6.03 Å². The van der Waals surface area contributed by atoms with Crippen molar-refractivity contribution in [3.63, 3.8) is 0 Å². The molecule has 1 saturated heterocycles. The number of imidazole rings is 1. The van der Waals surface area contributed by atoms with Crippen LogP contribution in [0.4, 0.5) is 10.5 Å². The predicted octanol–water partition coefficient (Wildman–Crippen LogP) is 4.77. The average molecular weight is 500 g/mol. The number of aromatic nitrogens is 4. The molecular weight excluding hydrogens is 466 g/mol. The smallest absolute Gasteiger partial charge is 0.324 e. The molecule has 0 N–H and O–H groups in total. The number of hydrogen-bond donors (Lipinski definition) is 0. The zero-order valence-electron chi connectivity index (χ0n) is 21.3. The molecule has 1 saturated carbocycles. The van der Waals surface area contributed by atoms with Gasteiger partial charge in [-0.2, -0.15) is 0 Å². The van der Waals surface area contributed by atoms with Crippen LogP contribution in [0.5, 0.6) is 0 Å². The fourth-order valence-corrected chi connectivity index (χ4v) is 5.59. The summed E-state index contributed by atoms with van der Waals surface area (Å²) in [6, 6.07) is 14.5. The molecule has 2 amide bonds. The topological polar surface area (TPSA) is 83.0 Å². The van der Waals surface area contributed by atoms with Crippen molar-refractivity contribution < 1.29 is 9.21 Å². The molecule has 37 heavy (non-hydrogen) atoms. The van der Waals surface area contributed by atoms with Gasteiger partial charge < -0.3 is 13.7 Å². The number of nitrogens with zero attached hydrogens (tertiary/aromatic N) is 7. The van der Waals surface area contributed by atoms with Crippen molar-refractivity contribution >= 4 is 17.4 Å². The van der Waals surface area contributed by atoms with E-state index in [2.05, 4.69) is 15.1 Å². The molecule has 6 rings (SSSR count). The fourth-order valence-electron chi connectivity index (χ4n) is 5.59. The van der Waals surface area contributed by atoms with E-state index in [9.17, 15) is 4.79 Å². The first-order valence-corrected chi connectivity index (χ1v) is 13.3. The number of aryl methyl sites for hydroxylation is 1. The summed E-state index contributed by atoms with van der Waals surface area (Å²) in [6.07, 6.45) is 10.5. The van der Waals surface area contributed by atoms with Crippen molar-refractivity contribution in [2.45, 2.75) is 51.6 Å². The van der Waals surface area contributed by atoms with Crippen molar-refractivity contribution in [2.75, 3.05) is 31.1 Å². The van der Waals surface area contributed by atoms with Crippen LogP contribution in [-0.4, -0.2) is 67.6 Å². The van der Waals surface area contributed by atoms with E-state index >= 15 is 0 Å². The molecule has 0 atom stereocenters. The van der Waals surface area contributed by atoms with Gasteiger partial charge in [-0.25, -0.2) is 9.78 Å². The number of para-hydroxylation sites is 1. The molecule has 1 aromatic carbocycles. The van der Waals surface area contributed by atoms with Crippen LogP contribution >= 0.6 is 0 Å². The monoisotopic (exact) mass is 499 g/mol. The summed E-state index contributed by atoms with van der Waals surface area (Å²) in [7, 11) is 0. The van der Waals surface area contributed by atoms with Gasteiger partial charge in [0, 0.05) is 62.8 Å². The van der Waals surface area contributed by atoms with Gasteiger partial charge in [0.1, 0.15) is 5.65 Å². The molecule has 0 bridgehead atoms. The molecule has 3 aromatic heterocycles. The minimum atomic E-state index is 0.0357. The molecule has 0 radical (unpaired) electrons.